The molecule has 1 atom stereocenters. The number of amides is 2. The van der Waals surface area contributed by atoms with Gasteiger partial charge in [0.2, 0.25) is 5.91 Å². The van der Waals surface area contributed by atoms with Crippen LogP contribution in [0.3, 0.4) is 0 Å². The van der Waals surface area contributed by atoms with Gasteiger partial charge in [-0.15, -0.1) is 0 Å². The van der Waals surface area contributed by atoms with Gasteiger partial charge in [-0.1, -0.05) is 66.7 Å². The Morgan fingerprint density at radius 3 is 2.24 bits per heavy atom. The molecule has 0 aromatic heterocycles. The van der Waals surface area contributed by atoms with E-state index >= 15 is 0 Å². The molecule has 192 valence electrons. The zero-order valence-electron chi connectivity index (χ0n) is 19.8. The number of hydrazone groups is 1. The van der Waals surface area contributed by atoms with Gasteiger partial charge in [0.15, 0.2) is 6.61 Å². The van der Waals surface area contributed by atoms with E-state index in [4.69, 9.17) is 4.74 Å². The van der Waals surface area contributed by atoms with E-state index in [1.54, 1.807) is 60.7 Å². The van der Waals surface area contributed by atoms with Crippen LogP contribution in [0.15, 0.2) is 90.0 Å². The van der Waals surface area contributed by atoms with E-state index in [9.17, 15) is 27.6 Å². The van der Waals surface area contributed by atoms with Crippen LogP contribution in [0, 0.1) is 0 Å². The first-order chi connectivity index (χ1) is 17.6. The van der Waals surface area contributed by atoms with Crippen molar-refractivity contribution >= 4 is 29.7 Å². The van der Waals surface area contributed by atoms with E-state index in [1.165, 1.54) is 19.2 Å². The highest BCUT2D eigenvalue weighted by Gasteiger charge is 2.31. The van der Waals surface area contributed by atoms with Crippen LogP contribution in [-0.2, 0) is 25.3 Å². The molecule has 0 aliphatic carbocycles. The number of nitrogens with zero attached hydrogens (tertiary/aromatic N) is 2. The van der Waals surface area contributed by atoms with E-state index < -0.39 is 36.3 Å². The average molecular weight is 512 g/mol. The van der Waals surface area contributed by atoms with Crippen LogP contribution in [-0.4, -0.2) is 30.6 Å². The number of anilines is 1. The molecule has 0 aliphatic rings. The van der Waals surface area contributed by atoms with Gasteiger partial charge in [0, 0.05) is 6.92 Å². The number of hydrogen-bond donors (Lipinski definition) is 1. The van der Waals surface area contributed by atoms with Gasteiger partial charge in [0.05, 0.1) is 29.9 Å². The standard InChI is InChI=1S/C27H24F3N3O4/c1-19(34)32-24(21-11-6-3-7-12-21)16-26(36)37-18-25(35)33(31-17-20-9-4-2-5-10-20)23-14-8-13-22(15-23)27(28,29)30/h2-15,17,24H,16,18H2,1H3,(H,32,34)/b31-17-/t24-/m1/s1. The second-order valence-electron chi connectivity index (χ2n) is 7.94. The van der Waals surface area contributed by atoms with Crippen LogP contribution in [0.1, 0.15) is 36.1 Å². The summed E-state index contributed by atoms with van der Waals surface area (Å²) in [7, 11) is 0. The summed E-state index contributed by atoms with van der Waals surface area (Å²) in [5.41, 5.74) is 0.156. The molecule has 7 nitrogen and oxygen atoms in total. The van der Waals surface area contributed by atoms with Crippen molar-refractivity contribution < 1.29 is 32.3 Å². The van der Waals surface area contributed by atoms with Crippen molar-refractivity contribution in [3.05, 3.63) is 102 Å². The normalized spacial score (nSPS) is 12.1. The largest absolute Gasteiger partial charge is 0.455 e. The van der Waals surface area contributed by atoms with Crippen LogP contribution in [0.2, 0.25) is 0 Å². The Labute approximate surface area is 211 Å². The second-order valence-corrected chi connectivity index (χ2v) is 7.94. The summed E-state index contributed by atoms with van der Waals surface area (Å²) >= 11 is 0. The van der Waals surface area contributed by atoms with Gasteiger partial charge in [0.1, 0.15) is 0 Å². The van der Waals surface area contributed by atoms with Crippen molar-refractivity contribution in [3.8, 4) is 0 Å². The number of esters is 1. The fourth-order valence-corrected chi connectivity index (χ4v) is 3.36. The van der Waals surface area contributed by atoms with Crippen molar-refractivity contribution in [2.75, 3.05) is 11.6 Å². The summed E-state index contributed by atoms with van der Waals surface area (Å²) in [5.74, 6) is -2.01. The summed E-state index contributed by atoms with van der Waals surface area (Å²) in [6, 6.07) is 20.8. The Kier molecular flexibility index (Phi) is 9.15. The number of halogens is 3. The van der Waals surface area contributed by atoms with Gasteiger partial charge in [-0.05, 0) is 29.3 Å². The number of benzene rings is 3. The molecule has 0 heterocycles. The number of alkyl halides is 3. The highest BCUT2D eigenvalue weighted by Crippen LogP contribution is 2.32. The lowest BCUT2D eigenvalue weighted by atomic mass is 10.0. The van der Waals surface area contributed by atoms with Crippen LogP contribution in [0.5, 0.6) is 0 Å². The van der Waals surface area contributed by atoms with Crippen LogP contribution in [0.4, 0.5) is 18.9 Å². The monoisotopic (exact) mass is 511 g/mol. The zero-order valence-corrected chi connectivity index (χ0v) is 19.8. The van der Waals surface area contributed by atoms with Gasteiger partial charge >= 0.3 is 12.1 Å². The third-order valence-electron chi connectivity index (χ3n) is 5.08. The van der Waals surface area contributed by atoms with Crippen LogP contribution < -0.4 is 10.3 Å². The van der Waals surface area contributed by atoms with Crippen molar-refractivity contribution in [2.24, 2.45) is 5.10 Å². The lowest BCUT2D eigenvalue weighted by Crippen LogP contribution is -2.32. The summed E-state index contributed by atoms with van der Waals surface area (Å²) in [4.78, 5) is 37.0. The van der Waals surface area contributed by atoms with Gasteiger partial charge in [-0.2, -0.15) is 23.3 Å². The fourth-order valence-electron chi connectivity index (χ4n) is 3.36. The Hall–Kier alpha value is -4.47. The van der Waals surface area contributed by atoms with E-state index in [1.807, 2.05) is 0 Å². The van der Waals surface area contributed by atoms with Crippen LogP contribution in [0.25, 0.3) is 0 Å². The first-order valence-corrected chi connectivity index (χ1v) is 11.2. The molecule has 3 aromatic carbocycles. The molecule has 0 spiro atoms. The minimum atomic E-state index is -4.63. The molecule has 1 N–H and O–H groups in total. The Bertz CT molecular complexity index is 1250. The summed E-state index contributed by atoms with van der Waals surface area (Å²) in [5, 5.41) is 7.46. The van der Waals surface area contributed by atoms with Gasteiger partial charge in [0.25, 0.3) is 5.91 Å². The molecule has 10 heteroatoms. The molecule has 37 heavy (non-hydrogen) atoms. The SMILES string of the molecule is CC(=O)N[C@H](CC(=O)OCC(=O)N(/N=C\c1ccccc1)c1cccc(C(F)(F)F)c1)c1ccccc1. The zero-order chi connectivity index (χ0) is 26.8. The van der Waals surface area contributed by atoms with Gasteiger partial charge in [-0.3, -0.25) is 14.4 Å². The molecule has 0 fully saturated rings. The number of hydrogen-bond acceptors (Lipinski definition) is 5. The molecular weight excluding hydrogens is 487 g/mol. The molecule has 0 aliphatic heterocycles. The molecule has 0 bridgehead atoms. The molecule has 2 amide bonds. The second kappa shape index (κ2) is 12.5. The van der Waals surface area contributed by atoms with E-state index in [0.29, 0.717) is 11.1 Å². The van der Waals surface area contributed by atoms with Crippen LogP contribution >= 0.6 is 0 Å². The van der Waals surface area contributed by atoms with E-state index in [2.05, 4.69) is 10.4 Å². The highest BCUT2D eigenvalue weighted by molar-refractivity contribution is 5.96. The molecular formula is C27H24F3N3O4. The number of rotatable bonds is 9. The third kappa shape index (κ3) is 8.31. The maximum Gasteiger partial charge on any atom is 0.416 e. The molecule has 0 saturated carbocycles. The molecule has 0 radical (unpaired) electrons. The third-order valence-corrected chi connectivity index (χ3v) is 5.08. The molecule has 0 unspecified atom stereocenters. The predicted molar refractivity (Wildman–Crippen MR) is 132 cm³/mol. The Balaban J connectivity index is 1.76. The topological polar surface area (TPSA) is 88.1 Å². The minimum absolute atomic E-state index is 0.150. The maximum atomic E-state index is 13.2. The first kappa shape index (κ1) is 27.1. The molecule has 0 saturated heterocycles. The fraction of sp³-hybridized carbons (Fsp3) is 0.185. The van der Waals surface area contributed by atoms with Gasteiger partial charge in [-0.25, -0.2) is 0 Å². The Morgan fingerprint density at radius 1 is 0.973 bits per heavy atom. The predicted octanol–water partition coefficient (Wildman–Crippen LogP) is 4.88. The lowest BCUT2D eigenvalue weighted by molar-refractivity contribution is -0.148. The minimum Gasteiger partial charge on any atom is -0.455 e. The molecule has 3 rings (SSSR count). The number of carbonyl (C=O) groups excluding carboxylic acids is 3. The van der Waals surface area contributed by atoms with E-state index in [-0.39, 0.29) is 18.0 Å². The number of nitrogens with one attached hydrogen (secondary N) is 1. The van der Waals surface area contributed by atoms with Crippen molar-refractivity contribution in [2.45, 2.75) is 25.6 Å². The maximum absolute atomic E-state index is 13.2. The van der Waals surface area contributed by atoms with Gasteiger partial charge < -0.3 is 10.1 Å². The summed E-state index contributed by atoms with van der Waals surface area (Å²) < 4.78 is 44.9. The highest BCUT2D eigenvalue weighted by atomic mass is 19.4. The van der Waals surface area contributed by atoms with E-state index in [0.717, 1.165) is 23.2 Å². The van der Waals surface area contributed by atoms with Crippen molar-refractivity contribution in [1.82, 2.24) is 5.32 Å². The number of ether oxygens (including phenoxy) is 1. The molecule has 3 aromatic rings. The van der Waals surface area contributed by atoms with Crippen molar-refractivity contribution in [1.29, 1.82) is 0 Å². The number of carbonyl (C=O) groups is 3. The quantitative estimate of drug-likeness (QED) is 0.252. The summed E-state index contributed by atoms with van der Waals surface area (Å²) in [6.45, 7) is 0.533. The summed E-state index contributed by atoms with van der Waals surface area (Å²) in [6.07, 6.45) is -3.58. The average Bonchev–Trinajstić information content (AvgIpc) is 2.88. The first-order valence-electron chi connectivity index (χ1n) is 11.2. The van der Waals surface area contributed by atoms with Crippen molar-refractivity contribution in [3.63, 3.8) is 0 Å². The Morgan fingerprint density at radius 2 is 1.62 bits per heavy atom. The lowest BCUT2D eigenvalue weighted by Gasteiger charge is -2.20. The smallest absolute Gasteiger partial charge is 0.416 e.